The van der Waals surface area contributed by atoms with E-state index in [0.717, 1.165) is 23.6 Å². The maximum absolute atomic E-state index is 6.02. The van der Waals surface area contributed by atoms with E-state index < -0.39 is 0 Å². The van der Waals surface area contributed by atoms with E-state index in [9.17, 15) is 0 Å². The fourth-order valence-corrected chi connectivity index (χ4v) is 3.43. The van der Waals surface area contributed by atoms with Gasteiger partial charge in [0, 0.05) is 27.8 Å². The second-order valence-electron chi connectivity index (χ2n) is 6.65. The average molecular weight is 267 g/mol. The minimum absolute atomic E-state index is 0.165. The second-order valence-corrected chi connectivity index (χ2v) is 7.09. The summed E-state index contributed by atoms with van der Waals surface area (Å²) in [5, 5.41) is 8.09. The van der Waals surface area contributed by atoms with Crippen LogP contribution in [0.3, 0.4) is 0 Å². The summed E-state index contributed by atoms with van der Waals surface area (Å²) in [4.78, 5) is 0. The van der Waals surface area contributed by atoms with E-state index in [0.29, 0.717) is 6.04 Å². The minimum Gasteiger partial charge on any atom is -0.382 e. The van der Waals surface area contributed by atoms with E-state index in [1.165, 1.54) is 0 Å². The summed E-state index contributed by atoms with van der Waals surface area (Å²) < 4.78 is 0. The van der Waals surface area contributed by atoms with Gasteiger partial charge in [0.05, 0.1) is 0 Å². The van der Waals surface area contributed by atoms with Crippen LogP contribution in [0.15, 0.2) is 24.3 Å². The first kappa shape index (κ1) is 13.7. The molecule has 0 aromatic heterocycles. The minimum atomic E-state index is 0.165. The van der Waals surface area contributed by atoms with Crippen molar-refractivity contribution >= 4 is 17.3 Å². The molecule has 1 saturated heterocycles. The van der Waals surface area contributed by atoms with Crippen LogP contribution in [0.1, 0.15) is 40.5 Å². The largest absolute Gasteiger partial charge is 0.382 e. The van der Waals surface area contributed by atoms with Crippen LogP contribution >= 0.6 is 11.6 Å². The van der Waals surface area contributed by atoms with Crippen LogP contribution in [0.2, 0.25) is 5.02 Å². The van der Waals surface area contributed by atoms with Gasteiger partial charge in [-0.05, 0) is 58.7 Å². The monoisotopic (exact) mass is 266 g/mol. The van der Waals surface area contributed by atoms with Gasteiger partial charge in [0.1, 0.15) is 0 Å². The molecule has 1 aliphatic rings. The molecule has 100 valence electrons. The number of hydrogen-bond acceptors (Lipinski definition) is 2. The predicted octanol–water partition coefficient (Wildman–Crippen LogP) is 4.06. The van der Waals surface area contributed by atoms with E-state index in [1.807, 2.05) is 18.2 Å². The predicted molar refractivity (Wildman–Crippen MR) is 79.4 cm³/mol. The number of rotatable bonds is 2. The summed E-state index contributed by atoms with van der Waals surface area (Å²) in [6, 6.07) is 8.44. The third-order valence-corrected chi connectivity index (χ3v) is 3.62. The topological polar surface area (TPSA) is 24.1 Å². The van der Waals surface area contributed by atoms with Crippen LogP contribution in [-0.2, 0) is 0 Å². The molecule has 1 aromatic rings. The highest BCUT2D eigenvalue weighted by molar-refractivity contribution is 6.30. The van der Waals surface area contributed by atoms with Crippen molar-refractivity contribution in [3.63, 3.8) is 0 Å². The van der Waals surface area contributed by atoms with E-state index in [1.54, 1.807) is 0 Å². The van der Waals surface area contributed by atoms with Crippen molar-refractivity contribution in [1.29, 1.82) is 0 Å². The van der Waals surface area contributed by atoms with Gasteiger partial charge in [0.15, 0.2) is 0 Å². The molecule has 0 unspecified atom stereocenters. The van der Waals surface area contributed by atoms with Crippen LogP contribution in [-0.4, -0.2) is 17.1 Å². The molecule has 0 amide bonds. The summed E-state index contributed by atoms with van der Waals surface area (Å²) in [5.41, 5.74) is 1.44. The van der Waals surface area contributed by atoms with Crippen molar-refractivity contribution in [3.05, 3.63) is 29.3 Å². The maximum atomic E-state index is 6.02. The zero-order valence-corrected chi connectivity index (χ0v) is 12.4. The number of piperidine rings is 1. The fraction of sp³-hybridized carbons (Fsp3) is 0.600. The summed E-state index contributed by atoms with van der Waals surface area (Å²) >= 11 is 6.02. The number of hydrogen-bond donors (Lipinski definition) is 2. The smallest absolute Gasteiger partial charge is 0.0426 e. The third-order valence-electron chi connectivity index (χ3n) is 3.39. The molecule has 0 radical (unpaired) electrons. The lowest BCUT2D eigenvalue weighted by molar-refractivity contribution is 0.170. The van der Waals surface area contributed by atoms with Gasteiger partial charge in [-0.2, -0.15) is 0 Å². The Bertz CT molecular complexity index is 410. The molecule has 0 spiro atoms. The first-order valence-electron chi connectivity index (χ1n) is 6.57. The van der Waals surface area contributed by atoms with E-state index in [4.69, 9.17) is 11.6 Å². The Balaban J connectivity index is 2.09. The fourth-order valence-electron chi connectivity index (χ4n) is 3.24. The van der Waals surface area contributed by atoms with Crippen molar-refractivity contribution in [3.8, 4) is 0 Å². The van der Waals surface area contributed by atoms with Gasteiger partial charge in [-0.1, -0.05) is 17.7 Å². The van der Waals surface area contributed by atoms with E-state index in [2.05, 4.69) is 44.4 Å². The molecule has 1 aliphatic heterocycles. The van der Waals surface area contributed by atoms with Crippen molar-refractivity contribution < 1.29 is 0 Å². The summed E-state index contributed by atoms with van der Waals surface area (Å²) in [7, 11) is 0. The van der Waals surface area contributed by atoms with Crippen LogP contribution in [0, 0.1) is 0 Å². The van der Waals surface area contributed by atoms with Gasteiger partial charge in [0.2, 0.25) is 0 Å². The Kier molecular flexibility index (Phi) is 3.61. The molecule has 0 aliphatic carbocycles. The van der Waals surface area contributed by atoms with Crippen molar-refractivity contribution in [2.45, 2.75) is 57.7 Å². The Morgan fingerprint density at radius 3 is 2.33 bits per heavy atom. The van der Waals surface area contributed by atoms with Crippen LogP contribution in [0.25, 0.3) is 0 Å². The molecule has 18 heavy (non-hydrogen) atoms. The van der Waals surface area contributed by atoms with Crippen LogP contribution in [0.4, 0.5) is 5.69 Å². The zero-order valence-electron chi connectivity index (χ0n) is 11.7. The normalized spacial score (nSPS) is 22.7. The second kappa shape index (κ2) is 4.75. The van der Waals surface area contributed by atoms with Gasteiger partial charge >= 0.3 is 0 Å². The number of nitrogens with one attached hydrogen (secondary N) is 2. The van der Waals surface area contributed by atoms with Crippen molar-refractivity contribution in [2.75, 3.05) is 5.32 Å². The molecule has 0 atom stereocenters. The molecule has 2 nitrogen and oxygen atoms in total. The highest BCUT2D eigenvalue weighted by Gasteiger charge is 2.37. The lowest BCUT2D eigenvalue weighted by Gasteiger charge is -2.47. The number of anilines is 1. The van der Waals surface area contributed by atoms with Crippen LogP contribution in [0.5, 0.6) is 0 Å². The van der Waals surface area contributed by atoms with Gasteiger partial charge in [0.25, 0.3) is 0 Å². The first-order chi connectivity index (χ1) is 8.26. The molecule has 3 heteroatoms. The SMILES string of the molecule is CC1(C)CC(Nc2cccc(Cl)c2)CC(C)(C)N1. The Hall–Kier alpha value is -0.730. The number of benzene rings is 1. The standard InChI is InChI=1S/C15H23ClN2/c1-14(2)9-13(10-15(3,4)18-14)17-12-7-5-6-11(16)8-12/h5-8,13,17-18H,9-10H2,1-4H3. The van der Waals surface area contributed by atoms with E-state index in [-0.39, 0.29) is 11.1 Å². The third kappa shape index (κ3) is 3.63. The zero-order chi connectivity index (χ0) is 13.4. The van der Waals surface area contributed by atoms with E-state index >= 15 is 0 Å². The quantitative estimate of drug-likeness (QED) is 0.844. The Morgan fingerprint density at radius 2 is 1.78 bits per heavy atom. The molecule has 2 N–H and O–H groups in total. The Morgan fingerprint density at radius 1 is 1.17 bits per heavy atom. The summed E-state index contributed by atoms with van der Waals surface area (Å²) in [6.07, 6.45) is 2.23. The highest BCUT2D eigenvalue weighted by atomic mass is 35.5. The highest BCUT2D eigenvalue weighted by Crippen LogP contribution is 2.30. The molecular formula is C15H23ClN2. The first-order valence-corrected chi connectivity index (χ1v) is 6.95. The lowest BCUT2D eigenvalue weighted by Crippen LogP contribution is -2.60. The molecule has 0 saturated carbocycles. The molecule has 1 fully saturated rings. The van der Waals surface area contributed by atoms with Gasteiger partial charge in [-0.25, -0.2) is 0 Å². The molecule has 1 heterocycles. The summed E-state index contributed by atoms with van der Waals surface area (Å²) in [6.45, 7) is 9.06. The number of halogens is 1. The van der Waals surface area contributed by atoms with Gasteiger partial charge < -0.3 is 10.6 Å². The average Bonchev–Trinajstić information content (AvgIpc) is 2.11. The lowest BCUT2D eigenvalue weighted by atomic mass is 9.79. The Labute approximate surface area is 115 Å². The van der Waals surface area contributed by atoms with Crippen LogP contribution < -0.4 is 10.6 Å². The maximum Gasteiger partial charge on any atom is 0.0426 e. The molecular weight excluding hydrogens is 244 g/mol. The molecule has 2 rings (SSSR count). The van der Waals surface area contributed by atoms with Gasteiger partial charge in [-0.15, -0.1) is 0 Å². The van der Waals surface area contributed by atoms with Crippen molar-refractivity contribution in [2.24, 2.45) is 0 Å². The summed E-state index contributed by atoms with van der Waals surface area (Å²) in [5.74, 6) is 0. The van der Waals surface area contributed by atoms with Crippen molar-refractivity contribution in [1.82, 2.24) is 5.32 Å². The molecule has 1 aromatic carbocycles. The molecule has 0 bridgehead atoms. The van der Waals surface area contributed by atoms with Gasteiger partial charge in [-0.3, -0.25) is 0 Å².